The van der Waals surface area contributed by atoms with E-state index < -0.39 is 0 Å². The lowest BCUT2D eigenvalue weighted by molar-refractivity contribution is 1.43. The topological polar surface area (TPSA) is 0 Å². The molecule has 0 saturated carbocycles. The molecule has 1 heteroatoms. The van der Waals surface area contributed by atoms with Crippen LogP contribution in [0.15, 0.2) is 42.5 Å². The molecular formula is C13H14S. The normalized spacial score (nSPS) is 10.6. The molecule has 0 radical (unpaired) electrons. The molecule has 0 bridgehead atoms. The van der Waals surface area contributed by atoms with Gasteiger partial charge in [-0.25, -0.2) is 0 Å². The highest BCUT2D eigenvalue weighted by Gasteiger charge is 1.98. The van der Waals surface area contributed by atoms with Gasteiger partial charge in [0.25, 0.3) is 0 Å². The van der Waals surface area contributed by atoms with Crippen LogP contribution >= 0.6 is 11.8 Å². The lowest BCUT2D eigenvalue weighted by atomic mass is 10.1. The van der Waals surface area contributed by atoms with E-state index in [1.807, 2.05) is 11.8 Å². The maximum absolute atomic E-state index is 2.23. The predicted octanol–water partition coefficient (Wildman–Crippen LogP) is 4.09. The Kier molecular flexibility index (Phi) is 3.10. The van der Waals surface area contributed by atoms with E-state index in [-0.39, 0.29) is 0 Å². The van der Waals surface area contributed by atoms with Crippen molar-refractivity contribution in [3.63, 3.8) is 0 Å². The van der Waals surface area contributed by atoms with Gasteiger partial charge < -0.3 is 0 Å². The molecule has 2 rings (SSSR count). The van der Waals surface area contributed by atoms with Crippen molar-refractivity contribution in [1.82, 2.24) is 0 Å². The second kappa shape index (κ2) is 4.52. The summed E-state index contributed by atoms with van der Waals surface area (Å²) in [6, 6.07) is 15.1. The van der Waals surface area contributed by atoms with E-state index in [4.69, 9.17) is 0 Å². The van der Waals surface area contributed by atoms with Gasteiger partial charge in [-0.3, -0.25) is 0 Å². The SMILES string of the molecule is CCSCc1cccc2ccccc12. The van der Waals surface area contributed by atoms with Gasteiger partial charge in [-0.2, -0.15) is 11.8 Å². The number of hydrogen-bond donors (Lipinski definition) is 0. The van der Waals surface area contributed by atoms with Crippen molar-refractivity contribution in [3.05, 3.63) is 48.0 Å². The monoisotopic (exact) mass is 202 g/mol. The van der Waals surface area contributed by atoms with Crippen LogP contribution in [-0.2, 0) is 5.75 Å². The van der Waals surface area contributed by atoms with Gasteiger partial charge in [0.15, 0.2) is 0 Å². The van der Waals surface area contributed by atoms with Crippen molar-refractivity contribution in [2.24, 2.45) is 0 Å². The minimum absolute atomic E-state index is 1.12. The van der Waals surface area contributed by atoms with Gasteiger partial charge in [0.2, 0.25) is 0 Å². The van der Waals surface area contributed by atoms with Crippen LogP contribution in [0, 0.1) is 0 Å². The first-order chi connectivity index (χ1) is 6.92. The molecule has 0 atom stereocenters. The second-order valence-corrected chi connectivity index (χ2v) is 4.55. The van der Waals surface area contributed by atoms with Gasteiger partial charge in [-0.15, -0.1) is 0 Å². The summed E-state index contributed by atoms with van der Waals surface area (Å²) in [5.74, 6) is 2.31. The van der Waals surface area contributed by atoms with Gasteiger partial charge in [-0.1, -0.05) is 49.4 Å². The molecule has 14 heavy (non-hydrogen) atoms. The van der Waals surface area contributed by atoms with Crippen LogP contribution < -0.4 is 0 Å². The van der Waals surface area contributed by atoms with E-state index in [0.717, 1.165) is 5.75 Å². The van der Waals surface area contributed by atoms with Crippen molar-refractivity contribution in [3.8, 4) is 0 Å². The Hall–Kier alpha value is -0.950. The van der Waals surface area contributed by atoms with Gasteiger partial charge in [0.05, 0.1) is 0 Å². The molecule has 0 fully saturated rings. The van der Waals surface area contributed by atoms with Crippen molar-refractivity contribution >= 4 is 22.5 Å². The summed E-state index contributed by atoms with van der Waals surface area (Å²) in [6.45, 7) is 2.20. The van der Waals surface area contributed by atoms with Crippen LogP contribution in [-0.4, -0.2) is 5.75 Å². The highest BCUT2D eigenvalue weighted by molar-refractivity contribution is 7.98. The van der Waals surface area contributed by atoms with Crippen LogP contribution in [0.1, 0.15) is 12.5 Å². The Balaban J connectivity index is 2.43. The zero-order chi connectivity index (χ0) is 9.80. The van der Waals surface area contributed by atoms with Crippen LogP contribution in [0.3, 0.4) is 0 Å². The average molecular weight is 202 g/mol. The Morgan fingerprint density at radius 2 is 1.79 bits per heavy atom. The van der Waals surface area contributed by atoms with Crippen LogP contribution in [0.5, 0.6) is 0 Å². The maximum atomic E-state index is 2.23. The summed E-state index contributed by atoms with van der Waals surface area (Å²) >= 11 is 1.98. The highest BCUT2D eigenvalue weighted by Crippen LogP contribution is 2.22. The Morgan fingerprint density at radius 1 is 1.00 bits per heavy atom. The molecule has 0 aliphatic heterocycles. The largest absolute Gasteiger partial charge is 0.157 e. The van der Waals surface area contributed by atoms with E-state index in [0.29, 0.717) is 0 Å². The van der Waals surface area contributed by atoms with Gasteiger partial charge >= 0.3 is 0 Å². The smallest absolute Gasteiger partial charge is 0.0190 e. The fraction of sp³-hybridized carbons (Fsp3) is 0.231. The van der Waals surface area contributed by atoms with Gasteiger partial charge in [0, 0.05) is 5.75 Å². The lowest BCUT2D eigenvalue weighted by Gasteiger charge is -2.04. The van der Waals surface area contributed by atoms with Crippen LogP contribution in [0.4, 0.5) is 0 Å². The van der Waals surface area contributed by atoms with E-state index in [1.54, 1.807) is 0 Å². The molecule has 0 unspecified atom stereocenters. The molecular weight excluding hydrogens is 188 g/mol. The molecule has 0 aliphatic carbocycles. The lowest BCUT2D eigenvalue weighted by Crippen LogP contribution is -1.83. The Morgan fingerprint density at radius 3 is 2.64 bits per heavy atom. The van der Waals surface area contributed by atoms with E-state index >= 15 is 0 Å². The number of thioether (sulfide) groups is 1. The fourth-order valence-corrected chi connectivity index (χ4v) is 2.31. The molecule has 0 aliphatic rings. The predicted molar refractivity (Wildman–Crippen MR) is 65.8 cm³/mol. The fourth-order valence-electron chi connectivity index (χ4n) is 1.63. The first-order valence-corrected chi connectivity index (χ1v) is 6.11. The van der Waals surface area contributed by atoms with E-state index in [9.17, 15) is 0 Å². The van der Waals surface area contributed by atoms with E-state index in [1.165, 1.54) is 22.1 Å². The molecule has 0 nitrogen and oxygen atoms in total. The second-order valence-electron chi connectivity index (χ2n) is 3.28. The maximum Gasteiger partial charge on any atom is 0.0190 e. The van der Waals surface area contributed by atoms with Crippen molar-refractivity contribution in [2.45, 2.75) is 12.7 Å². The number of benzene rings is 2. The van der Waals surface area contributed by atoms with Crippen molar-refractivity contribution < 1.29 is 0 Å². The summed E-state index contributed by atoms with van der Waals surface area (Å²) in [7, 11) is 0. The minimum atomic E-state index is 1.12. The third-order valence-electron chi connectivity index (χ3n) is 2.34. The number of fused-ring (bicyclic) bond motifs is 1. The van der Waals surface area contributed by atoms with Gasteiger partial charge in [-0.05, 0) is 22.1 Å². The highest BCUT2D eigenvalue weighted by atomic mass is 32.2. The molecule has 0 aromatic heterocycles. The van der Waals surface area contributed by atoms with Crippen LogP contribution in [0.2, 0.25) is 0 Å². The number of hydrogen-bond acceptors (Lipinski definition) is 1. The minimum Gasteiger partial charge on any atom is -0.157 e. The molecule has 0 heterocycles. The average Bonchev–Trinajstić information content (AvgIpc) is 2.26. The first-order valence-electron chi connectivity index (χ1n) is 4.96. The van der Waals surface area contributed by atoms with Crippen molar-refractivity contribution in [1.29, 1.82) is 0 Å². The summed E-state index contributed by atoms with van der Waals surface area (Å²) in [4.78, 5) is 0. The Labute approximate surface area is 89.3 Å². The molecule has 0 spiro atoms. The molecule has 0 amide bonds. The number of rotatable bonds is 3. The molecule has 72 valence electrons. The zero-order valence-electron chi connectivity index (χ0n) is 8.36. The standard InChI is InChI=1S/C13H14S/c1-2-14-10-12-8-5-7-11-6-3-4-9-13(11)12/h3-9H,2,10H2,1H3. The first kappa shape index (κ1) is 9.60. The third-order valence-corrected chi connectivity index (χ3v) is 3.27. The summed E-state index contributed by atoms with van der Waals surface area (Å²) in [6.07, 6.45) is 0. The molecule has 0 N–H and O–H groups in total. The van der Waals surface area contributed by atoms with Gasteiger partial charge in [0.1, 0.15) is 0 Å². The summed E-state index contributed by atoms with van der Waals surface area (Å²) < 4.78 is 0. The Bertz CT molecular complexity index is 415. The molecule has 0 saturated heterocycles. The van der Waals surface area contributed by atoms with Crippen LogP contribution in [0.25, 0.3) is 10.8 Å². The third kappa shape index (κ3) is 1.93. The molecule has 2 aromatic rings. The van der Waals surface area contributed by atoms with E-state index in [2.05, 4.69) is 49.4 Å². The van der Waals surface area contributed by atoms with Crippen molar-refractivity contribution in [2.75, 3.05) is 5.75 Å². The zero-order valence-corrected chi connectivity index (χ0v) is 9.18. The quantitative estimate of drug-likeness (QED) is 0.722. The summed E-state index contributed by atoms with van der Waals surface area (Å²) in [5, 5.41) is 2.75. The summed E-state index contributed by atoms with van der Waals surface area (Å²) in [5.41, 5.74) is 1.45. The molecule has 2 aromatic carbocycles.